The number of hydrogen-bond acceptors (Lipinski definition) is 3. The lowest BCUT2D eigenvalue weighted by Crippen LogP contribution is -2.14. The van der Waals surface area contributed by atoms with E-state index in [4.69, 9.17) is 15.1 Å². The molecule has 80 valence electrons. The van der Waals surface area contributed by atoms with Gasteiger partial charge in [0, 0.05) is 5.56 Å². The van der Waals surface area contributed by atoms with E-state index in [0.717, 1.165) is 11.1 Å². The van der Waals surface area contributed by atoms with Gasteiger partial charge in [-0.15, -0.1) is 0 Å². The number of aryl methyl sites for hydroxylation is 1. The first-order valence-electron chi connectivity index (χ1n) is 4.98. The van der Waals surface area contributed by atoms with E-state index in [1.54, 1.807) is 6.07 Å². The summed E-state index contributed by atoms with van der Waals surface area (Å²) in [4.78, 5) is 0. The standard InChI is InChI=1S/C12H15NO2/c1-3-11(7-13)15-12-9(2)5-4-6-10(12)8-14/h4-6,11,14H,3,8H2,1-2H3. The fraction of sp³-hybridized carbons (Fsp3) is 0.417. The van der Waals surface area contributed by atoms with Crippen LogP contribution < -0.4 is 4.74 Å². The number of aliphatic hydroxyl groups excluding tert-OH is 1. The first kappa shape index (κ1) is 11.5. The lowest BCUT2D eigenvalue weighted by molar-refractivity contribution is 0.231. The van der Waals surface area contributed by atoms with Crippen LogP contribution in [0.2, 0.25) is 0 Å². The van der Waals surface area contributed by atoms with Gasteiger partial charge >= 0.3 is 0 Å². The van der Waals surface area contributed by atoms with E-state index in [2.05, 4.69) is 6.07 Å². The van der Waals surface area contributed by atoms with E-state index >= 15 is 0 Å². The van der Waals surface area contributed by atoms with Gasteiger partial charge < -0.3 is 9.84 Å². The molecule has 1 atom stereocenters. The van der Waals surface area contributed by atoms with E-state index in [-0.39, 0.29) is 6.61 Å². The van der Waals surface area contributed by atoms with Crippen molar-refractivity contribution in [1.29, 1.82) is 5.26 Å². The molecule has 0 heterocycles. The van der Waals surface area contributed by atoms with E-state index in [1.807, 2.05) is 26.0 Å². The topological polar surface area (TPSA) is 53.2 Å². The highest BCUT2D eigenvalue weighted by atomic mass is 16.5. The van der Waals surface area contributed by atoms with Crippen LogP contribution in [0.25, 0.3) is 0 Å². The van der Waals surface area contributed by atoms with Gasteiger partial charge in [0.15, 0.2) is 6.10 Å². The molecular formula is C12H15NO2. The molecule has 0 amide bonds. The van der Waals surface area contributed by atoms with Gasteiger partial charge in [0.25, 0.3) is 0 Å². The average Bonchev–Trinajstić information content (AvgIpc) is 2.27. The van der Waals surface area contributed by atoms with E-state index in [9.17, 15) is 0 Å². The Morgan fingerprint density at radius 3 is 2.80 bits per heavy atom. The van der Waals surface area contributed by atoms with Crippen molar-refractivity contribution in [2.24, 2.45) is 0 Å². The Morgan fingerprint density at radius 2 is 2.27 bits per heavy atom. The van der Waals surface area contributed by atoms with Crippen LogP contribution in [0.5, 0.6) is 5.75 Å². The molecule has 0 fully saturated rings. The molecule has 0 radical (unpaired) electrons. The summed E-state index contributed by atoms with van der Waals surface area (Å²) in [5, 5.41) is 17.9. The lowest BCUT2D eigenvalue weighted by atomic mass is 10.1. The molecule has 0 aromatic heterocycles. The van der Waals surface area contributed by atoms with Gasteiger partial charge in [0.05, 0.1) is 6.61 Å². The molecule has 0 aliphatic rings. The summed E-state index contributed by atoms with van der Waals surface area (Å²) in [7, 11) is 0. The summed E-state index contributed by atoms with van der Waals surface area (Å²) in [5.74, 6) is 0.633. The van der Waals surface area contributed by atoms with Crippen molar-refractivity contribution in [2.75, 3.05) is 0 Å². The molecule has 0 aliphatic heterocycles. The van der Waals surface area contributed by atoms with Crippen LogP contribution in [0.1, 0.15) is 24.5 Å². The average molecular weight is 205 g/mol. The van der Waals surface area contributed by atoms with Crippen molar-refractivity contribution in [3.8, 4) is 11.8 Å². The lowest BCUT2D eigenvalue weighted by Gasteiger charge is -2.15. The Kier molecular flexibility index (Phi) is 4.14. The highest BCUT2D eigenvalue weighted by Gasteiger charge is 2.11. The number of aliphatic hydroxyl groups is 1. The molecule has 3 nitrogen and oxygen atoms in total. The molecule has 1 unspecified atom stereocenters. The normalized spacial score (nSPS) is 11.9. The van der Waals surface area contributed by atoms with E-state index in [0.29, 0.717) is 12.2 Å². The Morgan fingerprint density at radius 1 is 1.53 bits per heavy atom. The van der Waals surface area contributed by atoms with Gasteiger partial charge in [-0.2, -0.15) is 5.26 Å². The van der Waals surface area contributed by atoms with Crippen LogP contribution >= 0.6 is 0 Å². The number of para-hydroxylation sites is 1. The number of ether oxygens (including phenoxy) is 1. The zero-order chi connectivity index (χ0) is 11.3. The van der Waals surface area contributed by atoms with Crippen molar-refractivity contribution in [2.45, 2.75) is 33.0 Å². The monoisotopic (exact) mass is 205 g/mol. The minimum atomic E-state index is -0.448. The Balaban J connectivity index is 2.97. The molecule has 0 saturated carbocycles. The van der Waals surface area contributed by atoms with Crippen LogP contribution in [0.3, 0.4) is 0 Å². The largest absolute Gasteiger partial charge is 0.475 e. The molecule has 0 aliphatic carbocycles. The summed E-state index contributed by atoms with van der Waals surface area (Å²) in [6, 6.07) is 7.64. The van der Waals surface area contributed by atoms with Crippen molar-refractivity contribution in [1.82, 2.24) is 0 Å². The first-order valence-corrected chi connectivity index (χ1v) is 4.98. The maximum absolute atomic E-state index is 9.14. The molecule has 15 heavy (non-hydrogen) atoms. The number of hydrogen-bond donors (Lipinski definition) is 1. The fourth-order valence-electron chi connectivity index (χ4n) is 1.35. The van der Waals surface area contributed by atoms with Crippen LogP contribution in [0, 0.1) is 18.3 Å². The molecule has 0 spiro atoms. The Hall–Kier alpha value is -1.53. The summed E-state index contributed by atoms with van der Waals surface area (Å²) < 4.78 is 5.54. The maximum Gasteiger partial charge on any atom is 0.184 e. The summed E-state index contributed by atoms with van der Waals surface area (Å²) in [6.45, 7) is 3.72. The molecule has 1 aromatic carbocycles. The third-order valence-electron chi connectivity index (χ3n) is 2.24. The first-order chi connectivity index (χ1) is 7.22. The van der Waals surface area contributed by atoms with Gasteiger partial charge in [0.2, 0.25) is 0 Å². The predicted octanol–water partition coefficient (Wildman–Crippen LogP) is 2.17. The highest BCUT2D eigenvalue weighted by Crippen LogP contribution is 2.24. The van der Waals surface area contributed by atoms with Crippen LogP contribution in [0.4, 0.5) is 0 Å². The van der Waals surface area contributed by atoms with Crippen LogP contribution in [-0.2, 0) is 6.61 Å². The van der Waals surface area contributed by atoms with Crippen molar-refractivity contribution in [3.63, 3.8) is 0 Å². The van der Waals surface area contributed by atoms with Gasteiger partial charge in [0.1, 0.15) is 11.8 Å². The van der Waals surface area contributed by atoms with Crippen molar-refractivity contribution in [3.05, 3.63) is 29.3 Å². The number of benzene rings is 1. The number of nitriles is 1. The van der Waals surface area contributed by atoms with Crippen LogP contribution in [0.15, 0.2) is 18.2 Å². The molecule has 0 bridgehead atoms. The van der Waals surface area contributed by atoms with Crippen LogP contribution in [-0.4, -0.2) is 11.2 Å². The van der Waals surface area contributed by atoms with E-state index < -0.39 is 6.10 Å². The highest BCUT2D eigenvalue weighted by molar-refractivity contribution is 5.40. The van der Waals surface area contributed by atoms with Gasteiger partial charge in [-0.25, -0.2) is 0 Å². The van der Waals surface area contributed by atoms with Gasteiger partial charge in [-0.1, -0.05) is 25.1 Å². The zero-order valence-corrected chi connectivity index (χ0v) is 9.03. The summed E-state index contributed by atoms with van der Waals surface area (Å²) in [6.07, 6.45) is 0.187. The molecule has 3 heteroatoms. The molecule has 1 aromatic rings. The maximum atomic E-state index is 9.14. The third-order valence-corrected chi connectivity index (χ3v) is 2.24. The third kappa shape index (κ3) is 2.71. The second-order valence-electron chi connectivity index (χ2n) is 3.37. The Bertz CT molecular complexity index is 368. The SMILES string of the molecule is CCC(C#N)Oc1c(C)cccc1CO. The minimum absolute atomic E-state index is 0.0706. The molecular weight excluding hydrogens is 190 g/mol. The Labute approximate surface area is 89.9 Å². The zero-order valence-electron chi connectivity index (χ0n) is 9.03. The molecule has 0 saturated heterocycles. The predicted molar refractivity (Wildman–Crippen MR) is 57.4 cm³/mol. The van der Waals surface area contributed by atoms with Gasteiger partial charge in [-0.05, 0) is 18.9 Å². The summed E-state index contributed by atoms with van der Waals surface area (Å²) in [5.41, 5.74) is 1.67. The summed E-state index contributed by atoms with van der Waals surface area (Å²) >= 11 is 0. The van der Waals surface area contributed by atoms with Gasteiger partial charge in [-0.3, -0.25) is 0 Å². The number of nitrogens with zero attached hydrogens (tertiary/aromatic N) is 1. The fourth-order valence-corrected chi connectivity index (χ4v) is 1.35. The minimum Gasteiger partial charge on any atom is -0.475 e. The second-order valence-corrected chi connectivity index (χ2v) is 3.37. The molecule has 1 N–H and O–H groups in total. The molecule has 1 rings (SSSR count). The van der Waals surface area contributed by atoms with Crippen molar-refractivity contribution >= 4 is 0 Å². The quantitative estimate of drug-likeness (QED) is 0.819. The number of rotatable bonds is 4. The van der Waals surface area contributed by atoms with Crippen molar-refractivity contribution < 1.29 is 9.84 Å². The second kappa shape index (κ2) is 5.38. The van der Waals surface area contributed by atoms with E-state index in [1.165, 1.54) is 0 Å². The smallest absolute Gasteiger partial charge is 0.184 e.